The summed E-state index contributed by atoms with van der Waals surface area (Å²) in [7, 11) is 0. The van der Waals surface area contributed by atoms with Crippen LogP contribution in [0.25, 0.3) is 0 Å². The zero-order valence-electron chi connectivity index (χ0n) is 11.5. The van der Waals surface area contributed by atoms with Crippen LogP contribution in [-0.4, -0.2) is 6.04 Å². The largest absolute Gasteiger partial charge is 0.382 e. The van der Waals surface area contributed by atoms with Crippen LogP contribution in [-0.2, 0) is 19.3 Å². The molecule has 1 aliphatic heterocycles. The van der Waals surface area contributed by atoms with Gasteiger partial charge in [-0.05, 0) is 48.4 Å². The Morgan fingerprint density at radius 2 is 1.74 bits per heavy atom. The lowest BCUT2D eigenvalue weighted by Gasteiger charge is -2.27. The lowest BCUT2D eigenvalue weighted by molar-refractivity contribution is 0.628. The van der Waals surface area contributed by atoms with Gasteiger partial charge < -0.3 is 5.32 Å². The minimum Gasteiger partial charge on any atom is -0.382 e. The molecule has 1 aliphatic rings. The third-order valence-electron chi connectivity index (χ3n) is 4.05. The van der Waals surface area contributed by atoms with Gasteiger partial charge in [0.05, 0.1) is 0 Å². The van der Waals surface area contributed by atoms with Crippen LogP contribution in [0.2, 0.25) is 0 Å². The van der Waals surface area contributed by atoms with Gasteiger partial charge in [0.2, 0.25) is 0 Å². The van der Waals surface area contributed by atoms with E-state index < -0.39 is 0 Å². The number of hydrogen-bond donors (Lipinski definition) is 1. The van der Waals surface area contributed by atoms with Crippen LogP contribution in [0, 0.1) is 0 Å². The van der Waals surface area contributed by atoms with E-state index in [1.807, 2.05) is 0 Å². The summed E-state index contributed by atoms with van der Waals surface area (Å²) < 4.78 is 0. The van der Waals surface area contributed by atoms with Crippen molar-refractivity contribution in [2.24, 2.45) is 0 Å². The number of para-hydroxylation sites is 1. The normalized spacial score (nSPS) is 17.6. The predicted molar refractivity (Wildman–Crippen MR) is 81.7 cm³/mol. The highest BCUT2D eigenvalue weighted by Gasteiger charge is 2.17. The lowest BCUT2D eigenvalue weighted by atomic mass is 9.93. The first kappa shape index (κ1) is 12.3. The molecule has 1 nitrogen and oxygen atoms in total. The maximum atomic E-state index is 3.67. The summed E-state index contributed by atoms with van der Waals surface area (Å²) in [5, 5.41) is 3.67. The van der Waals surface area contributed by atoms with Crippen molar-refractivity contribution in [2.45, 2.75) is 38.6 Å². The molecule has 2 aromatic carbocycles. The highest BCUT2D eigenvalue weighted by Crippen LogP contribution is 2.25. The summed E-state index contributed by atoms with van der Waals surface area (Å²) in [4.78, 5) is 0. The van der Waals surface area contributed by atoms with Crippen molar-refractivity contribution in [1.82, 2.24) is 0 Å². The Morgan fingerprint density at radius 3 is 2.53 bits per heavy atom. The van der Waals surface area contributed by atoms with Gasteiger partial charge in [0.1, 0.15) is 0 Å². The number of aryl methyl sites for hydroxylation is 2. The zero-order chi connectivity index (χ0) is 13.1. The molecule has 0 aromatic heterocycles. The second kappa shape index (κ2) is 5.48. The van der Waals surface area contributed by atoms with Crippen LogP contribution < -0.4 is 5.32 Å². The van der Waals surface area contributed by atoms with E-state index >= 15 is 0 Å². The molecule has 1 unspecified atom stereocenters. The van der Waals surface area contributed by atoms with Crippen molar-refractivity contribution in [3.63, 3.8) is 0 Å². The molecule has 98 valence electrons. The van der Waals surface area contributed by atoms with Crippen LogP contribution in [0.15, 0.2) is 48.5 Å². The van der Waals surface area contributed by atoms with E-state index in [-0.39, 0.29) is 0 Å². The minimum absolute atomic E-state index is 0.572. The number of nitrogens with one attached hydrogen (secondary N) is 1. The summed E-state index contributed by atoms with van der Waals surface area (Å²) in [6.07, 6.45) is 4.67. The quantitative estimate of drug-likeness (QED) is 0.861. The van der Waals surface area contributed by atoms with E-state index in [1.165, 1.54) is 35.2 Å². The highest BCUT2D eigenvalue weighted by atomic mass is 14.9. The van der Waals surface area contributed by atoms with Gasteiger partial charge >= 0.3 is 0 Å². The molecule has 3 rings (SSSR count). The summed E-state index contributed by atoms with van der Waals surface area (Å²) >= 11 is 0. The average Bonchev–Trinajstić information content (AvgIpc) is 2.48. The molecule has 1 N–H and O–H groups in total. The number of hydrogen-bond acceptors (Lipinski definition) is 1. The van der Waals surface area contributed by atoms with Crippen LogP contribution in [0.1, 0.15) is 30.0 Å². The maximum Gasteiger partial charge on any atom is 0.0374 e. The first-order valence-corrected chi connectivity index (χ1v) is 7.27. The molecule has 0 spiro atoms. The number of fused-ring (bicyclic) bond motifs is 1. The Morgan fingerprint density at radius 1 is 1.00 bits per heavy atom. The van der Waals surface area contributed by atoms with Crippen LogP contribution in [0.3, 0.4) is 0 Å². The van der Waals surface area contributed by atoms with E-state index in [0.29, 0.717) is 6.04 Å². The van der Waals surface area contributed by atoms with E-state index in [9.17, 15) is 0 Å². The fraction of sp³-hybridized carbons (Fsp3) is 0.333. The summed E-state index contributed by atoms with van der Waals surface area (Å²) in [5.41, 5.74) is 5.64. The van der Waals surface area contributed by atoms with Crippen LogP contribution >= 0.6 is 0 Å². The molecular formula is C18H21N. The van der Waals surface area contributed by atoms with E-state index in [1.54, 1.807) is 0 Å². The summed E-state index contributed by atoms with van der Waals surface area (Å²) in [5.74, 6) is 0. The Labute approximate surface area is 115 Å². The molecule has 0 saturated heterocycles. The monoisotopic (exact) mass is 251 g/mol. The topological polar surface area (TPSA) is 12.0 Å². The third-order valence-corrected chi connectivity index (χ3v) is 4.05. The average molecular weight is 251 g/mol. The molecule has 0 aliphatic carbocycles. The standard InChI is InChI=1S/C18H21N/c1-2-14-7-9-15(10-8-14)13-17-12-11-16-5-3-4-6-18(16)19-17/h3-10,17,19H,2,11-13H2,1H3. The molecule has 19 heavy (non-hydrogen) atoms. The molecule has 1 atom stereocenters. The molecule has 0 bridgehead atoms. The van der Waals surface area contributed by atoms with Crippen molar-refractivity contribution < 1.29 is 0 Å². The number of anilines is 1. The third kappa shape index (κ3) is 2.81. The molecule has 0 saturated carbocycles. The van der Waals surface area contributed by atoms with Crippen molar-refractivity contribution in [1.29, 1.82) is 0 Å². The Kier molecular flexibility index (Phi) is 3.54. The SMILES string of the molecule is CCc1ccc(CC2CCc3ccccc3N2)cc1. The smallest absolute Gasteiger partial charge is 0.0374 e. The van der Waals surface area contributed by atoms with Gasteiger partial charge in [0, 0.05) is 11.7 Å². The number of rotatable bonds is 3. The fourth-order valence-corrected chi connectivity index (χ4v) is 2.85. The Balaban J connectivity index is 1.68. The van der Waals surface area contributed by atoms with Gasteiger partial charge in [0.15, 0.2) is 0 Å². The minimum atomic E-state index is 0.572. The van der Waals surface area contributed by atoms with E-state index in [4.69, 9.17) is 0 Å². The maximum absolute atomic E-state index is 3.67. The Bertz CT molecular complexity index is 542. The molecule has 0 amide bonds. The van der Waals surface area contributed by atoms with Gasteiger partial charge in [-0.1, -0.05) is 49.4 Å². The van der Waals surface area contributed by atoms with Crippen molar-refractivity contribution in [3.05, 3.63) is 65.2 Å². The van der Waals surface area contributed by atoms with Crippen molar-refractivity contribution in [3.8, 4) is 0 Å². The second-order valence-electron chi connectivity index (χ2n) is 5.41. The van der Waals surface area contributed by atoms with Crippen LogP contribution in [0.5, 0.6) is 0 Å². The van der Waals surface area contributed by atoms with Gasteiger partial charge in [-0.3, -0.25) is 0 Å². The molecule has 0 radical (unpaired) electrons. The van der Waals surface area contributed by atoms with Crippen LogP contribution in [0.4, 0.5) is 5.69 Å². The highest BCUT2D eigenvalue weighted by molar-refractivity contribution is 5.53. The van der Waals surface area contributed by atoms with Gasteiger partial charge in [-0.2, -0.15) is 0 Å². The molecular weight excluding hydrogens is 230 g/mol. The van der Waals surface area contributed by atoms with Gasteiger partial charge in [-0.15, -0.1) is 0 Å². The van der Waals surface area contributed by atoms with E-state index in [0.717, 1.165) is 12.8 Å². The van der Waals surface area contributed by atoms with Crippen molar-refractivity contribution >= 4 is 5.69 Å². The van der Waals surface area contributed by atoms with Gasteiger partial charge in [0.25, 0.3) is 0 Å². The summed E-state index contributed by atoms with van der Waals surface area (Å²) in [6.45, 7) is 2.20. The first-order valence-electron chi connectivity index (χ1n) is 7.27. The molecule has 1 heterocycles. The van der Waals surface area contributed by atoms with Gasteiger partial charge in [-0.25, -0.2) is 0 Å². The van der Waals surface area contributed by atoms with Crippen molar-refractivity contribution in [2.75, 3.05) is 5.32 Å². The molecule has 2 aromatic rings. The molecule has 1 heteroatoms. The Hall–Kier alpha value is -1.76. The fourth-order valence-electron chi connectivity index (χ4n) is 2.85. The zero-order valence-corrected chi connectivity index (χ0v) is 11.5. The lowest BCUT2D eigenvalue weighted by Crippen LogP contribution is -2.27. The summed E-state index contributed by atoms with van der Waals surface area (Å²) in [6, 6.07) is 18.3. The first-order chi connectivity index (χ1) is 9.35. The number of benzene rings is 2. The molecule has 0 fully saturated rings. The second-order valence-corrected chi connectivity index (χ2v) is 5.41. The van der Waals surface area contributed by atoms with E-state index in [2.05, 4.69) is 60.8 Å². The predicted octanol–water partition coefficient (Wildman–Crippen LogP) is 4.22.